The van der Waals surface area contributed by atoms with E-state index in [4.69, 9.17) is 4.74 Å². The zero-order valence-corrected chi connectivity index (χ0v) is 19.5. The van der Waals surface area contributed by atoms with Gasteiger partial charge in [-0.15, -0.1) is 0 Å². The average Bonchev–Trinajstić information content (AvgIpc) is 3.01. The molecule has 2 atom stereocenters. The summed E-state index contributed by atoms with van der Waals surface area (Å²) in [6.07, 6.45) is 8.89. The summed E-state index contributed by atoms with van der Waals surface area (Å²) in [6, 6.07) is 2.29. The lowest BCUT2D eigenvalue weighted by Gasteiger charge is -2.36. The number of pyridine rings is 1. The third-order valence-electron chi connectivity index (χ3n) is 6.29. The molecule has 8 heteroatoms. The molecule has 2 unspecified atom stereocenters. The molecule has 0 radical (unpaired) electrons. The first-order valence-corrected chi connectivity index (χ1v) is 12.9. The van der Waals surface area contributed by atoms with Gasteiger partial charge in [0.1, 0.15) is 0 Å². The van der Waals surface area contributed by atoms with E-state index in [1.165, 1.54) is 6.26 Å². The van der Waals surface area contributed by atoms with Gasteiger partial charge in [-0.2, -0.15) is 0 Å². The first-order chi connectivity index (χ1) is 14.7. The summed E-state index contributed by atoms with van der Waals surface area (Å²) >= 11 is 0. The molecule has 0 spiro atoms. The normalized spacial score (nSPS) is 21.0. The summed E-state index contributed by atoms with van der Waals surface area (Å²) < 4.78 is 31.5. The van der Waals surface area contributed by atoms with Crippen LogP contribution in [0, 0.1) is 0 Å². The highest BCUT2D eigenvalue weighted by Gasteiger charge is 2.39. The minimum absolute atomic E-state index is 0.102. The van der Waals surface area contributed by atoms with Crippen LogP contribution < -0.4 is 10.9 Å². The van der Waals surface area contributed by atoms with Crippen LogP contribution >= 0.6 is 0 Å². The molecular weight excluding hydrogens is 414 g/mol. The van der Waals surface area contributed by atoms with Crippen molar-refractivity contribution in [3.05, 3.63) is 57.2 Å². The van der Waals surface area contributed by atoms with E-state index in [1.54, 1.807) is 17.8 Å². The number of aryl methyl sites for hydroxylation is 1. The summed E-state index contributed by atoms with van der Waals surface area (Å²) in [4.78, 5) is 15.6. The Bertz CT molecular complexity index is 1140. The molecule has 0 saturated carbocycles. The lowest BCUT2D eigenvalue weighted by Crippen LogP contribution is -2.42. The van der Waals surface area contributed by atoms with E-state index in [-0.39, 0.29) is 23.4 Å². The second-order valence-corrected chi connectivity index (χ2v) is 10.8. The highest BCUT2D eigenvalue weighted by Crippen LogP contribution is 2.43. The Balaban J connectivity index is 1.87. The Hall–Kier alpha value is -2.32. The molecule has 168 valence electrons. The fraction of sp³-hybridized carbons (Fsp3) is 0.522. The number of rotatable bonds is 7. The minimum atomic E-state index is -3.27. The SMILES string of the molecule is CCOCCC(C)N1C=C2C=C(CS(C)(=O)=O)c3ccn(C)c(=O)c3C3=C2C1CCN3. The molecule has 3 aliphatic rings. The van der Waals surface area contributed by atoms with Gasteiger partial charge >= 0.3 is 0 Å². The maximum atomic E-state index is 13.2. The van der Waals surface area contributed by atoms with Crippen molar-refractivity contribution in [1.29, 1.82) is 0 Å². The third-order valence-corrected chi connectivity index (χ3v) is 7.12. The number of aromatic nitrogens is 1. The molecule has 3 heterocycles. The summed E-state index contributed by atoms with van der Waals surface area (Å²) in [5.74, 6) is -0.102. The molecule has 4 rings (SSSR count). The van der Waals surface area contributed by atoms with Gasteiger partial charge in [0, 0.05) is 57.1 Å². The van der Waals surface area contributed by atoms with Crippen LogP contribution in [0.25, 0.3) is 11.3 Å². The molecule has 7 nitrogen and oxygen atoms in total. The highest BCUT2D eigenvalue weighted by atomic mass is 32.2. The van der Waals surface area contributed by atoms with Crippen LogP contribution in [-0.4, -0.2) is 61.7 Å². The standard InChI is InChI=1S/C23H31N3O4S/c1-5-30-11-8-15(2)26-13-16-12-17(14-31(4,28)29)18-7-10-25(3)23(27)21(18)22-20(16)19(26)6-9-24-22/h7,10,12-13,15,19,24H,5-6,8-9,11,14H2,1-4H3. The van der Waals surface area contributed by atoms with Crippen LogP contribution in [0.4, 0.5) is 0 Å². The number of hydrogen-bond acceptors (Lipinski definition) is 6. The second kappa shape index (κ2) is 8.31. The largest absolute Gasteiger partial charge is 0.384 e. The lowest BCUT2D eigenvalue weighted by molar-refractivity contribution is 0.117. The van der Waals surface area contributed by atoms with Crippen molar-refractivity contribution >= 4 is 21.1 Å². The predicted molar refractivity (Wildman–Crippen MR) is 123 cm³/mol. The van der Waals surface area contributed by atoms with Gasteiger partial charge in [0.15, 0.2) is 9.84 Å². The van der Waals surface area contributed by atoms with Crippen molar-refractivity contribution in [2.45, 2.75) is 38.8 Å². The van der Waals surface area contributed by atoms with E-state index in [0.29, 0.717) is 29.9 Å². The average molecular weight is 446 g/mol. The van der Waals surface area contributed by atoms with Gasteiger partial charge in [0.05, 0.1) is 23.1 Å². The first kappa shape index (κ1) is 21.9. The van der Waals surface area contributed by atoms with E-state index < -0.39 is 9.84 Å². The van der Waals surface area contributed by atoms with E-state index >= 15 is 0 Å². The third kappa shape index (κ3) is 4.11. The molecule has 0 aromatic carbocycles. The number of ether oxygens (including phenoxy) is 1. The Morgan fingerprint density at radius 3 is 2.84 bits per heavy atom. The van der Waals surface area contributed by atoms with Gasteiger partial charge in [-0.25, -0.2) is 8.42 Å². The maximum Gasteiger partial charge on any atom is 0.260 e. The summed E-state index contributed by atoms with van der Waals surface area (Å²) in [5, 5.41) is 3.47. The van der Waals surface area contributed by atoms with Gasteiger partial charge in [-0.05, 0) is 55.5 Å². The van der Waals surface area contributed by atoms with Gasteiger partial charge in [-0.1, -0.05) is 0 Å². The fourth-order valence-corrected chi connectivity index (χ4v) is 5.62. The Morgan fingerprint density at radius 1 is 1.35 bits per heavy atom. The second-order valence-electron chi connectivity index (χ2n) is 8.65. The fourth-order valence-electron chi connectivity index (χ4n) is 4.82. The molecule has 1 aromatic rings. The molecule has 1 N–H and O–H groups in total. The van der Waals surface area contributed by atoms with Gasteiger partial charge in [0.2, 0.25) is 0 Å². The number of nitrogens with zero attached hydrogens (tertiary/aromatic N) is 2. The molecule has 0 saturated heterocycles. The monoisotopic (exact) mass is 445 g/mol. The Morgan fingerprint density at radius 2 is 2.13 bits per heavy atom. The lowest BCUT2D eigenvalue weighted by atomic mass is 9.91. The van der Waals surface area contributed by atoms with Crippen LogP contribution in [0.1, 0.15) is 37.8 Å². The summed E-state index contributed by atoms with van der Waals surface area (Å²) in [5.41, 5.74) is 4.77. The molecule has 0 fully saturated rings. The topological polar surface area (TPSA) is 80.6 Å². The van der Waals surface area contributed by atoms with Crippen molar-refractivity contribution in [1.82, 2.24) is 14.8 Å². The van der Waals surface area contributed by atoms with Gasteiger partial charge in [-0.3, -0.25) is 4.79 Å². The van der Waals surface area contributed by atoms with Crippen molar-refractivity contribution in [3.8, 4) is 0 Å². The van der Waals surface area contributed by atoms with Crippen LogP contribution in [0.2, 0.25) is 0 Å². The smallest absolute Gasteiger partial charge is 0.260 e. The van der Waals surface area contributed by atoms with Gasteiger partial charge in [0.25, 0.3) is 5.56 Å². The van der Waals surface area contributed by atoms with Crippen LogP contribution in [0.15, 0.2) is 40.5 Å². The van der Waals surface area contributed by atoms with Crippen molar-refractivity contribution in [2.75, 3.05) is 31.8 Å². The van der Waals surface area contributed by atoms with Crippen LogP contribution in [-0.2, 0) is 21.6 Å². The van der Waals surface area contributed by atoms with Crippen molar-refractivity contribution in [3.63, 3.8) is 0 Å². The molecule has 2 aliphatic heterocycles. The van der Waals surface area contributed by atoms with Crippen LogP contribution in [0.3, 0.4) is 0 Å². The number of sulfone groups is 1. The minimum Gasteiger partial charge on any atom is -0.384 e. The molecule has 1 aromatic heterocycles. The van der Waals surface area contributed by atoms with Crippen LogP contribution in [0.5, 0.6) is 0 Å². The van der Waals surface area contributed by atoms with E-state index in [0.717, 1.165) is 36.2 Å². The highest BCUT2D eigenvalue weighted by molar-refractivity contribution is 7.91. The van der Waals surface area contributed by atoms with Crippen molar-refractivity contribution < 1.29 is 13.2 Å². The Kier molecular flexibility index (Phi) is 5.87. The van der Waals surface area contributed by atoms with Gasteiger partial charge < -0.3 is 19.5 Å². The zero-order chi connectivity index (χ0) is 22.3. The van der Waals surface area contributed by atoms with E-state index in [1.807, 2.05) is 19.1 Å². The number of allylic oxidation sites excluding steroid dienone is 1. The molecule has 0 amide bonds. The zero-order valence-electron chi connectivity index (χ0n) is 18.6. The van der Waals surface area contributed by atoms with E-state index in [2.05, 4.69) is 23.3 Å². The predicted octanol–water partition coefficient (Wildman–Crippen LogP) is 1.91. The quantitative estimate of drug-likeness (QED) is 0.646. The molecule has 31 heavy (non-hydrogen) atoms. The number of fused-ring (bicyclic) bond motifs is 2. The summed E-state index contributed by atoms with van der Waals surface area (Å²) in [7, 11) is -1.55. The van der Waals surface area contributed by atoms with E-state index in [9.17, 15) is 13.2 Å². The molecule has 0 bridgehead atoms. The number of nitrogens with one attached hydrogen (secondary N) is 1. The molecular formula is C23H31N3O4S. The maximum absolute atomic E-state index is 13.2. The van der Waals surface area contributed by atoms with Crippen molar-refractivity contribution in [2.24, 2.45) is 7.05 Å². The molecule has 1 aliphatic carbocycles. The number of hydrogen-bond donors (Lipinski definition) is 1. The summed E-state index contributed by atoms with van der Waals surface area (Å²) in [6.45, 7) is 6.35. The first-order valence-electron chi connectivity index (χ1n) is 10.9. The Labute approximate surface area is 184 Å².